The normalized spacial score (nSPS) is 13.8. The maximum atomic E-state index is 12.2. The van der Waals surface area contributed by atoms with Crippen LogP contribution in [-0.4, -0.2) is 31.8 Å². The van der Waals surface area contributed by atoms with Crippen LogP contribution in [0.2, 0.25) is 0 Å². The zero-order valence-electron chi connectivity index (χ0n) is 13.3. The SMILES string of the molecule is CCNC(=NCC(C)c1ccc(C)cc1)NCCC(F)(F)F. The molecule has 0 fully saturated rings. The van der Waals surface area contributed by atoms with Crippen LogP contribution in [0.15, 0.2) is 29.3 Å². The number of hydrogen-bond acceptors (Lipinski definition) is 1. The Morgan fingerprint density at radius 1 is 1.18 bits per heavy atom. The smallest absolute Gasteiger partial charge is 0.357 e. The Labute approximate surface area is 130 Å². The number of halogens is 3. The van der Waals surface area contributed by atoms with Gasteiger partial charge in [-0.05, 0) is 19.4 Å². The second kappa shape index (κ2) is 8.66. The van der Waals surface area contributed by atoms with E-state index in [9.17, 15) is 13.2 Å². The highest BCUT2D eigenvalue weighted by Gasteiger charge is 2.26. The minimum absolute atomic E-state index is 0.172. The molecule has 0 radical (unpaired) electrons. The van der Waals surface area contributed by atoms with Crippen molar-refractivity contribution in [2.45, 2.75) is 39.3 Å². The summed E-state index contributed by atoms with van der Waals surface area (Å²) in [7, 11) is 0. The first-order valence-corrected chi connectivity index (χ1v) is 7.47. The summed E-state index contributed by atoms with van der Waals surface area (Å²) in [5, 5.41) is 5.67. The van der Waals surface area contributed by atoms with Gasteiger partial charge in [-0.25, -0.2) is 0 Å². The number of benzene rings is 1. The summed E-state index contributed by atoms with van der Waals surface area (Å²) in [6, 6.07) is 8.20. The van der Waals surface area contributed by atoms with Crippen molar-refractivity contribution in [3.63, 3.8) is 0 Å². The second-order valence-corrected chi connectivity index (χ2v) is 5.32. The number of nitrogens with zero attached hydrogens (tertiary/aromatic N) is 1. The van der Waals surface area contributed by atoms with Gasteiger partial charge in [-0.2, -0.15) is 13.2 Å². The van der Waals surface area contributed by atoms with Crippen LogP contribution in [0.3, 0.4) is 0 Å². The molecule has 0 saturated carbocycles. The number of alkyl halides is 3. The molecule has 1 rings (SSSR count). The van der Waals surface area contributed by atoms with Crippen LogP contribution < -0.4 is 10.6 Å². The number of aryl methyl sites for hydroxylation is 1. The molecule has 124 valence electrons. The Kier molecular flexibility index (Phi) is 7.21. The molecule has 0 heterocycles. The standard InChI is InChI=1S/C16H24F3N3/c1-4-20-15(21-10-9-16(17,18)19)22-11-13(3)14-7-5-12(2)6-8-14/h5-8,13H,4,9-11H2,1-3H3,(H2,20,21,22). The first-order chi connectivity index (χ1) is 10.3. The van der Waals surface area contributed by atoms with E-state index in [4.69, 9.17) is 0 Å². The average Bonchev–Trinajstić information content (AvgIpc) is 2.44. The fourth-order valence-electron chi connectivity index (χ4n) is 1.89. The molecule has 0 aromatic heterocycles. The molecule has 3 nitrogen and oxygen atoms in total. The third-order valence-electron chi connectivity index (χ3n) is 3.21. The van der Waals surface area contributed by atoms with Gasteiger partial charge in [-0.3, -0.25) is 4.99 Å². The van der Waals surface area contributed by atoms with Crippen molar-refractivity contribution in [3.8, 4) is 0 Å². The van der Waals surface area contributed by atoms with Crippen LogP contribution in [0.1, 0.15) is 37.3 Å². The molecule has 0 aliphatic heterocycles. The van der Waals surface area contributed by atoms with Crippen LogP contribution in [0, 0.1) is 6.92 Å². The molecule has 0 spiro atoms. The second-order valence-electron chi connectivity index (χ2n) is 5.32. The van der Waals surface area contributed by atoms with Crippen molar-refractivity contribution in [3.05, 3.63) is 35.4 Å². The number of aliphatic imine (C=N–C) groups is 1. The molecule has 6 heteroatoms. The minimum Gasteiger partial charge on any atom is -0.357 e. The molecule has 2 N–H and O–H groups in total. The summed E-state index contributed by atoms with van der Waals surface area (Å²) in [6.07, 6.45) is -5.02. The van der Waals surface area contributed by atoms with E-state index in [0.29, 0.717) is 19.0 Å². The van der Waals surface area contributed by atoms with E-state index in [1.54, 1.807) is 0 Å². The summed E-state index contributed by atoms with van der Waals surface area (Å²) in [5.74, 6) is 0.629. The molecule has 1 atom stereocenters. The monoisotopic (exact) mass is 315 g/mol. The summed E-state index contributed by atoms with van der Waals surface area (Å²) < 4.78 is 36.5. The zero-order valence-corrected chi connectivity index (χ0v) is 13.3. The van der Waals surface area contributed by atoms with E-state index in [1.165, 1.54) is 11.1 Å². The number of guanidine groups is 1. The van der Waals surface area contributed by atoms with Gasteiger partial charge in [-0.15, -0.1) is 0 Å². The van der Waals surface area contributed by atoms with Crippen molar-refractivity contribution < 1.29 is 13.2 Å². The van der Waals surface area contributed by atoms with Crippen molar-refractivity contribution >= 4 is 5.96 Å². The molecule has 1 aromatic rings. The Morgan fingerprint density at radius 3 is 2.36 bits per heavy atom. The lowest BCUT2D eigenvalue weighted by Gasteiger charge is -2.14. The topological polar surface area (TPSA) is 36.4 Å². The largest absolute Gasteiger partial charge is 0.390 e. The minimum atomic E-state index is -4.15. The van der Waals surface area contributed by atoms with Gasteiger partial charge >= 0.3 is 6.18 Å². The molecule has 22 heavy (non-hydrogen) atoms. The van der Waals surface area contributed by atoms with Gasteiger partial charge in [0.05, 0.1) is 6.42 Å². The molecule has 1 unspecified atom stereocenters. The van der Waals surface area contributed by atoms with E-state index >= 15 is 0 Å². The lowest BCUT2D eigenvalue weighted by atomic mass is 10.0. The Hall–Kier alpha value is -1.72. The third kappa shape index (κ3) is 7.33. The first kappa shape index (κ1) is 18.3. The lowest BCUT2D eigenvalue weighted by Crippen LogP contribution is -2.39. The zero-order chi connectivity index (χ0) is 16.6. The highest BCUT2D eigenvalue weighted by Crippen LogP contribution is 2.18. The van der Waals surface area contributed by atoms with E-state index in [2.05, 4.69) is 27.8 Å². The fourth-order valence-corrected chi connectivity index (χ4v) is 1.89. The van der Waals surface area contributed by atoms with Gasteiger partial charge < -0.3 is 10.6 Å². The quantitative estimate of drug-likeness (QED) is 0.621. The van der Waals surface area contributed by atoms with Crippen molar-refractivity contribution in [1.82, 2.24) is 10.6 Å². The van der Waals surface area contributed by atoms with Crippen molar-refractivity contribution in [2.75, 3.05) is 19.6 Å². The van der Waals surface area contributed by atoms with Gasteiger partial charge in [0.15, 0.2) is 5.96 Å². The van der Waals surface area contributed by atoms with Gasteiger partial charge in [0, 0.05) is 25.6 Å². The van der Waals surface area contributed by atoms with Crippen LogP contribution in [0.5, 0.6) is 0 Å². The number of nitrogens with one attached hydrogen (secondary N) is 2. The molecular formula is C16H24F3N3. The summed E-state index contributed by atoms with van der Waals surface area (Å²) in [6.45, 7) is 6.91. The fraction of sp³-hybridized carbons (Fsp3) is 0.562. The Bertz CT molecular complexity index is 467. The summed E-state index contributed by atoms with van der Waals surface area (Å²) in [4.78, 5) is 4.36. The highest BCUT2D eigenvalue weighted by molar-refractivity contribution is 5.79. The molecule has 0 aliphatic carbocycles. The van der Waals surface area contributed by atoms with Crippen LogP contribution in [-0.2, 0) is 0 Å². The van der Waals surface area contributed by atoms with E-state index in [1.807, 2.05) is 32.9 Å². The maximum absolute atomic E-state index is 12.2. The molecule has 0 aliphatic rings. The maximum Gasteiger partial charge on any atom is 0.390 e. The van der Waals surface area contributed by atoms with E-state index < -0.39 is 12.6 Å². The van der Waals surface area contributed by atoms with Crippen LogP contribution in [0.4, 0.5) is 13.2 Å². The predicted octanol–water partition coefficient (Wildman–Crippen LogP) is 3.61. The first-order valence-electron chi connectivity index (χ1n) is 7.47. The Morgan fingerprint density at radius 2 is 1.82 bits per heavy atom. The van der Waals surface area contributed by atoms with Gasteiger partial charge in [0.1, 0.15) is 0 Å². The van der Waals surface area contributed by atoms with E-state index in [0.717, 1.165) is 0 Å². The highest BCUT2D eigenvalue weighted by atomic mass is 19.4. The number of hydrogen-bond donors (Lipinski definition) is 2. The molecule has 0 amide bonds. The van der Waals surface area contributed by atoms with Crippen LogP contribution >= 0.6 is 0 Å². The van der Waals surface area contributed by atoms with Gasteiger partial charge in [-0.1, -0.05) is 36.8 Å². The van der Waals surface area contributed by atoms with Crippen molar-refractivity contribution in [2.24, 2.45) is 4.99 Å². The lowest BCUT2D eigenvalue weighted by molar-refractivity contribution is -0.132. The predicted molar refractivity (Wildman–Crippen MR) is 84.2 cm³/mol. The van der Waals surface area contributed by atoms with Crippen molar-refractivity contribution in [1.29, 1.82) is 0 Å². The molecular weight excluding hydrogens is 291 g/mol. The molecule has 0 bridgehead atoms. The number of rotatable bonds is 6. The van der Waals surface area contributed by atoms with Gasteiger partial charge in [0.25, 0.3) is 0 Å². The molecule has 1 aromatic carbocycles. The van der Waals surface area contributed by atoms with E-state index in [-0.39, 0.29) is 12.5 Å². The van der Waals surface area contributed by atoms with Crippen LogP contribution in [0.25, 0.3) is 0 Å². The summed E-state index contributed by atoms with van der Waals surface area (Å²) >= 11 is 0. The Balaban J connectivity index is 2.55. The average molecular weight is 315 g/mol. The third-order valence-corrected chi connectivity index (χ3v) is 3.21. The van der Waals surface area contributed by atoms with Gasteiger partial charge in [0.2, 0.25) is 0 Å². The molecule has 0 saturated heterocycles. The summed E-state index contributed by atoms with van der Waals surface area (Å²) in [5.41, 5.74) is 2.36.